The second-order valence-electron chi connectivity index (χ2n) is 4.69. The van der Waals surface area contributed by atoms with Crippen LogP contribution in [0.5, 0.6) is 0 Å². The lowest BCUT2D eigenvalue weighted by molar-refractivity contribution is 0.619. The van der Waals surface area contributed by atoms with Gasteiger partial charge >= 0.3 is 0 Å². The summed E-state index contributed by atoms with van der Waals surface area (Å²) in [6.07, 6.45) is 0. The quantitative estimate of drug-likeness (QED) is 0.681. The average molecular weight is 294 g/mol. The van der Waals surface area contributed by atoms with E-state index in [9.17, 15) is 4.39 Å². The standard InChI is InChI=1S/C17H11FN2S/c1-11-8-14(6-7-15(11)18)17-20-16(10-21-17)13-4-2-12(9-19)3-5-13/h2-8,10H,1H3. The molecule has 102 valence electrons. The fraction of sp³-hybridized carbons (Fsp3) is 0.0588. The van der Waals surface area contributed by atoms with E-state index in [1.54, 1.807) is 31.2 Å². The van der Waals surface area contributed by atoms with Crippen LogP contribution in [-0.2, 0) is 0 Å². The van der Waals surface area contributed by atoms with Gasteiger partial charge in [-0.05, 0) is 42.8 Å². The Morgan fingerprint density at radius 1 is 1.10 bits per heavy atom. The Kier molecular flexibility index (Phi) is 3.51. The van der Waals surface area contributed by atoms with Crippen molar-refractivity contribution in [2.45, 2.75) is 6.92 Å². The lowest BCUT2D eigenvalue weighted by atomic mass is 10.1. The first kappa shape index (κ1) is 13.5. The third-order valence-electron chi connectivity index (χ3n) is 3.22. The number of benzene rings is 2. The number of rotatable bonds is 2. The van der Waals surface area contributed by atoms with E-state index in [-0.39, 0.29) is 5.82 Å². The van der Waals surface area contributed by atoms with Crippen LogP contribution < -0.4 is 0 Å². The molecule has 0 N–H and O–H groups in total. The first-order chi connectivity index (χ1) is 10.2. The predicted molar refractivity (Wildman–Crippen MR) is 82.4 cm³/mol. The Labute approximate surface area is 126 Å². The molecule has 21 heavy (non-hydrogen) atoms. The lowest BCUT2D eigenvalue weighted by Crippen LogP contribution is -1.84. The van der Waals surface area contributed by atoms with Crippen LogP contribution in [0.4, 0.5) is 4.39 Å². The van der Waals surface area contributed by atoms with Gasteiger partial charge in [-0.25, -0.2) is 9.37 Å². The molecule has 0 atom stereocenters. The summed E-state index contributed by atoms with van der Waals surface area (Å²) in [4.78, 5) is 4.59. The molecule has 0 radical (unpaired) electrons. The van der Waals surface area contributed by atoms with E-state index in [0.717, 1.165) is 21.8 Å². The van der Waals surface area contributed by atoms with Gasteiger partial charge in [0.25, 0.3) is 0 Å². The topological polar surface area (TPSA) is 36.7 Å². The molecular formula is C17H11FN2S. The predicted octanol–water partition coefficient (Wildman–Crippen LogP) is 4.80. The minimum Gasteiger partial charge on any atom is -0.236 e. The van der Waals surface area contributed by atoms with Crippen molar-refractivity contribution in [3.05, 3.63) is 64.8 Å². The third kappa shape index (κ3) is 2.69. The highest BCUT2D eigenvalue weighted by atomic mass is 32.1. The Bertz CT molecular complexity index is 829. The Balaban J connectivity index is 1.95. The van der Waals surface area contributed by atoms with Gasteiger partial charge in [-0.1, -0.05) is 12.1 Å². The van der Waals surface area contributed by atoms with Crippen LogP contribution in [-0.4, -0.2) is 4.98 Å². The monoisotopic (exact) mass is 294 g/mol. The SMILES string of the molecule is Cc1cc(-c2nc(-c3ccc(C#N)cc3)cs2)ccc1F. The molecule has 0 saturated carbocycles. The summed E-state index contributed by atoms with van der Waals surface area (Å²) in [7, 11) is 0. The van der Waals surface area contributed by atoms with Gasteiger partial charge in [0.2, 0.25) is 0 Å². The van der Waals surface area contributed by atoms with Crippen LogP contribution in [0.1, 0.15) is 11.1 Å². The van der Waals surface area contributed by atoms with Crippen molar-refractivity contribution in [2.24, 2.45) is 0 Å². The summed E-state index contributed by atoms with van der Waals surface area (Å²) in [5.74, 6) is -0.206. The molecule has 3 aromatic rings. The lowest BCUT2D eigenvalue weighted by Gasteiger charge is -2.00. The van der Waals surface area contributed by atoms with Crippen LogP contribution in [0.15, 0.2) is 47.8 Å². The summed E-state index contributed by atoms with van der Waals surface area (Å²) in [6, 6.07) is 14.4. The molecule has 2 nitrogen and oxygen atoms in total. The molecule has 0 saturated heterocycles. The van der Waals surface area contributed by atoms with E-state index >= 15 is 0 Å². The van der Waals surface area contributed by atoms with E-state index in [0.29, 0.717) is 11.1 Å². The van der Waals surface area contributed by atoms with E-state index in [4.69, 9.17) is 5.26 Å². The molecule has 4 heteroatoms. The van der Waals surface area contributed by atoms with Gasteiger partial charge in [-0.3, -0.25) is 0 Å². The van der Waals surface area contributed by atoms with Crippen molar-refractivity contribution in [2.75, 3.05) is 0 Å². The van der Waals surface area contributed by atoms with Crippen molar-refractivity contribution in [1.29, 1.82) is 5.26 Å². The fourth-order valence-corrected chi connectivity index (χ4v) is 2.86. The second kappa shape index (κ2) is 5.47. The minimum atomic E-state index is -0.206. The van der Waals surface area contributed by atoms with Gasteiger partial charge in [0.1, 0.15) is 10.8 Å². The number of thiazole rings is 1. The zero-order chi connectivity index (χ0) is 14.8. The number of aromatic nitrogens is 1. The second-order valence-corrected chi connectivity index (χ2v) is 5.55. The average Bonchev–Trinajstić information content (AvgIpc) is 3.00. The fourth-order valence-electron chi connectivity index (χ4n) is 2.03. The summed E-state index contributed by atoms with van der Waals surface area (Å²) in [5.41, 5.74) is 3.99. The molecule has 0 amide bonds. The Morgan fingerprint density at radius 3 is 2.48 bits per heavy atom. The molecule has 0 bridgehead atoms. The summed E-state index contributed by atoms with van der Waals surface area (Å²) in [6.45, 7) is 1.74. The number of nitriles is 1. The Morgan fingerprint density at radius 2 is 1.81 bits per heavy atom. The molecule has 0 aliphatic carbocycles. The van der Waals surface area contributed by atoms with Gasteiger partial charge in [-0.15, -0.1) is 11.3 Å². The third-order valence-corrected chi connectivity index (χ3v) is 4.11. The smallest absolute Gasteiger partial charge is 0.126 e. The molecule has 3 rings (SSSR count). The van der Waals surface area contributed by atoms with Gasteiger partial charge in [0.15, 0.2) is 0 Å². The molecule has 0 aliphatic heterocycles. The largest absolute Gasteiger partial charge is 0.236 e. The summed E-state index contributed by atoms with van der Waals surface area (Å²) < 4.78 is 13.3. The van der Waals surface area contributed by atoms with Gasteiger partial charge < -0.3 is 0 Å². The molecule has 0 aliphatic rings. The van der Waals surface area contributed by atoms with Crippen LogP contribution in [0.25, 0.3) is 21.8 Å². The number of aryl methyl sites for hydroxylation is 1. The van der Waals surface area contributed by atoms with Crippen molar-refractivity contribution < 1.29 is 4.39 Å². The first-order valence-corrected chi connectivity index (χ1v) is 7.28. The molecule has 0 spiro atoms. The summed E-state index contributed by atoms with van der Waals surface area (Å²) >= 11 is 1.52. The minimum absolute atomic E-state index is 0.206. The van der Waals surface area contributed by atoms with Crippen molar-refractivity contribution in [3.8, 4) is 27.9 Å². The van der Waals surface area contributed by atoms with Crippen LogP contribution in [0.2, 0.25) is 0 Å². The van der Waals surface area contributed by atoms with E-state index in [2.05, 4.69) is 11.1 Å². The van der Waals surface area contributed by atoms with Gasteiger partial charge in [0, 0.05) is 16.5 Å². The molecular weight excluding hydrogens is 283 g/mol. The first-order valence-electron chi connectivity index (χ1n) is 6.40. The highest BCUT2D eigenvalue weighted by Gasteiger charge is 2.08. The van der Waals surface area contributed by atoms with Crippen LogP contribution in [0.3, 0.4) is 0 Å². The zero-order valence-electron chi connectivity index (χ0n) is 11.3. The van der Waals surface area contributed by atoms with E-state index < -0.39 is 0 Å². The maximum absolute atomic E-state index is 13.3. The van der Waals surface area contributed by atoms with Gasteiger partial charge in [0.05, 0.1) is 17.3 Å². The zero-order valence-corrected chi connectivity index (χ0v) is 12.1. The number of hydrogen-bond donors (Lipinski definition) is 0. The number of nitrogens with zero attached hydrogens (tertiary/aromatic N) is 2. The Hall–Kier alpha value is -2.51. The maximum Gasteiger partial charge on any atom is 0.126 e. The number of hydrogen-bond acceptors (Lipinski definition) is 3. The van der Waals surface area contributed by atoms with E-state index in [1.165, 1.54) is 17.4 Å². The molecule has 2 aromatic carbocycles. The summed E-state index contributed by atoms with van der Waals surface area (Å²) in [5, 5.41) is 11.6. The van der Waals surface area contributed by atoms with Crippen LogP contribution >= 0.6 is 11.3 Å². The van der Waals surface area contributed by atoms with Crippen LogP contribution in [0, 0.1) is 24.1 Å². The van der Waals surface area contributed by atoms with Gasteiger partial charge in [-0.2, -0.15) is 5.26 Å². The molecule has 0 unspecified atom stereocenters. The van der Waals surface area contributed by atoms with Crippen molar-refractivity contribution in [3.63, 3.8) is 0 Å². The highest BCUT2D eigenvalue weighted by molar-refractivity contribution is 7.13. The van der Waals surface area contributed by atoms with E-state index in [1.807, 2.05) is 17.5 Å². The molecule has 0 fully saturated rings. The molecule has 1 aromatic heterocycles. The maximum atomic E-state index is 13.3. The van der Waals surface area contributed by atoms with Crippen molar-refractivity contribution in [1.82, 2.24) is 4.98 Å². The highest BCUT2D eigenvalue weighted by Crippen LogP contribution is 2.29. The normalized spacial score (nSPS) is 10.3. The van der Waals surface area contributed by atoms with Crippen molar-refractivity contribution >= 4 is 11.3 Å². The number of halogens is 1. The molecule has 1 heterocycles.